The summed E-state index contributed by atoms with van der Waals surface area (Å²) >= 11 is 0. The molecule has 1 aromatic carbocycles. The molecule has 2 aliphatic rings. The van der Waals surface area contributed by atoms with Crippen molar-refractivity contribution in [2.75, 3.05) is 38.5 Å². The fourth-order valence-corrected chi connectivity index (χ4v) is 6.26. The summed E-state index contributed by atoms with van der Waals surface area (Å²) in [6.07, 6.45) is 0.297. The Morgan fingerprint density at radius 2 is 1.72 bits per heavy atom. The van der Waals surface area contributed by atoms with Crippen LogP contribution in [-0.2, 0) is 10.0 Å². The third kappa shape index (κ3) is 5.46. The van der Waals surface area contributed by atoms with Crippen LogP contribution in [0.25, 0.3) is 0 Å². The van der Waals surface area contributed by atoms with E-state index in [2.05, 4.69) is 5.32 Å². The maximum atomic E-state index is 14.2. The van der Waals surface area contributed by atoms with Gasteiger partial charge in [0.05, 0.1) is 11.3 Å². The van der Waals surface area contributed by atoms with Crippen molar-refractivity contribution >= 4 is 15.9 Å². The van der Waals surface area contributed by atoms with Crippen molar-refractivity contribution in [1.29, 1.82) is 0 Å². The van der Waals surface area contributed by atoms with E-state index in [0.717, 1.165) is 0 Å². The molecule has 2 fully saturated rings. The molecule has 1 aromatic rings. The van der Waals surface area contributed by atoms with Crippen molar-refractivity contribution in [3.05, 3.63) is 35.1 Å². The van der Waals surface area contributed by atoms with Gasteiger partial charge in [-0.2, -0.15) is 4.31 Å². The van der Waals surface area contributed by atoms with Gasteiger partial charge in [-0.15, -0.1) is 0 Å². The SMILES string of the molecule is CCCS(=O)(=O)N1CCN(C2(CNC(=O)c3c(C)cccc3F)CCC(F)(F)CC2)CC1. The molecule has 1 N–H and O–H groups in total. The zero-order chi connectivity index (χ0) is 23.6. The average Bonchev–Trinajstić information content (AvgIpc) is 2.73. The summed E-state index contributed by atoms with van der Waals surface area (Å²) in [5, 5.41) is 2.78. The number of nitrogens with zero attached hydrogens (tertiary/aromatic N) is 2. The number of halogens is 3. The van der Waals surface area contributed by atoms with Gasteiger partial charge in [-0.05, 0) is 37.8 Å². The van der Waals surface area contributed by atoms with Crippen LogP contribution in [-0.4, -0.2) is 73.5 Å². The molecule has 3 rings (SSSR count). The lowest BCUT2D eigenvalue weighted by Crippen LogP contribution is -2.63. The second-order valence-corrected chi connectivity index (χ2v) is 11.0. The number of carbonyl (C=O) groups is 1. The molecule has 1 saturated carbocycles. The van der Waals surface area contributed by atoms with Crippen molar-refractivity contribution in [2.45, 2.75) is 57.4 Å². The molecule has 0 spiro atoms. The van der Waals surface area contributed by atoms with Gasteiger partial charge in [0, 0.05) is 51.1 Å². The van der Waals surface area contributed by atoms with E-state index in [-0.39, 0.29) is 43.5 Å². The Labute approximate surface area is 188 Å². The number of sulfonamides is 1. The summed E-state index contributed by atoms with van der Waals surface area (Å²) < 4.78 is 68.3. The van der Waals surface area contributed by atoms with E-state index in [4.69, 9.17) is 0 Å². The van der Waals surface area contributed by atoms with Gasteiger partial charge in [0.15, 0.2) is 0 Å². The summed E-state index contributed by atoms with van der Waals surface area (Å²) in [4.78, 5) is 14.8. The van der Waals surface area contributed by atoms with Crippen LogP contribution in [0, 0.1) is 12.7 Å². The van der Waals surface area contributed by atoms with E-state index in [1.165, 1.54) is 16.4 Å². The monoisotopic (exact) mass is 475 g/mol. The number of alkyl halides is 2. The number of amides is 1. The first-order chi connectivity index (χ1) is 15.0. The van der Waals surface area contributed by atoms with Crippen LogP contribution in [0.5, 0.6) is 0 Å². The summed E-state index contributed by atoms with van der Waals surface area (Å²) in [5.74, 6) is -3.85. The number of piperazine rings is 1. The smallest absolute Gasteiger partial charge is 0.254 e. The molecule has 10 heteroatoms. The standard InChI is InChI=1S/C22H32F3N3O3S/c1-3-15-32(30,31)28-13-11-27(12-14-28)21(7-9-22(24,25)10-8-21)16-26-20(29)19-17(2)5-4-6-18(19)23/h4-6H,3,7-16H2,1-2H3,(H,26,29). The van der Waals surface area contributed by atoms with Gasteiger partial charge in [-0.3, -0.25) is 9.69 Å². The molecule has 0 unspecified atom stereocenters. The maximum Gasteiger partial charge on any atom is 0.254 e. The predicted molar refractivity (Wildman–Crippen MR) is 117 cm³/mol. The van der Waals surface area contributed by atoms with Crippen LogP contribution in [0.1, 0.15) is 54.9 Å². The lowest BCUT2D eigenvalue weighted by atomic mass is 9.78. The van der Waals surface area contributed by atoms with Crippen molar-refractivity contribution in [3.63, 3.8) is 0 Å². The molecule has 0 radical (unpaired) electrons. The number of carbonyl (C=O) groups excluding carboxylic acids is 1. The first kappa shape index (κ1) is 25.0. The fourth-order valence-electron chi connectivity index (χ4n) is 4.77. The van der Waals surface area contributed by atoms with E-state index in [9.17, 15) is 26.4 Å². The molecule has 1 aliphatic carbocycles. The normalized spacial score (nSPS) is 21.9. The van der Waals surface area contributed by atoms with Crippen LogP contribution < -0.4 is 5.32 Å². The van der Waals surface area contributed by atoms with Crippen LogP contribution >= 0.6 is 0 Å². The molecule has 1 aliphatic heterocycles. The topological polar surface area (TPSA) is 69.7 Å². The van der Waals surface area contributed by atoms with Gasteiger partial charge in [0.2, 0.25) is 15.9 Å². The fraction of sp³-hybridized carbons (Fsp3) is 0.682. The minimum absolute atomic E-state index is 0.0423. The van der Waals surface area contributed by atoms with E-state index < -0.39 is 33.2 Å². The molecule has 1 saturated heterocycles. The van der Waals surface area contributed by atoms with Crippen LogP contribution in [0.4, 0.5) is 13.2 Å². The largest absolute Gasteiger partial charge is 0.350 e. The molecule has 0 bridgehead atoms. The summed E-state index contributed by atoms with van der Waals surface area (Å²) in [6, 6.07) is 4.39. The highest BCUT2D eigenvalue weighted by atomic mass is 32.2. The quantitative estimate of drug-likeness (QED) is 0.658. The second-order valence-electron chi connectivity index (χ2n) is 8.90. The van der Waals surface area contributed by atoms with Crippen LogP contribution in [0.2, 0.25) is 0 Å². The van der Waals surface area contributed by atoms with Crippen LogP contribution in [0.3, 0.4) is 0 Å². The van der Waals surface area contributed by atoms with E-state index in [0.29, 0.717) is 38.2 Å². The summed E-state index contributed by atoms with van der Waals surface area (Å²) in [7, 11) is -3.32. The zero-order valence-electron chi connectivity index (χ0n) is 18.7. The van der Waals surface area contributed by atoms with Crippen molar-refractivity contribution in [2.24, 2.45) is 0 Å². The highest BCUT2D eigenvalue weighted by molar-refractivity contribution is 7.89. The summed E-state index contributed by atoms with van der Waals surface area (Å²) in [6.45, 7) is 4.96. The third-order valence-corrected chi connectivity index (χ3v) is 8.78. The lowest BCUT2D eigenvalue weighted by molar-refractivity contribution is -0.0856. The Kier molecular flexibility index (Phi) is 7.56. The molecule has 180 valence electrons. The average molecular weight is 476 g/mol. The molecule has 0 aromatic heterocycles. The number of hydrogen-bond acceptors (Lipinski definition) is 4. The van der Waals surface area contributed by atoms with Crippen molar-refractivity contribution < 1.29 is 26.4 Å². The Bertz CT molecular complexity index is 901. The summed E-state index contributed by atoms with van der Waals surface area (Å²) in [5.41, 5.74) is -0.252. The highest BCUT2D eigenvalue weighted by Crippen LogP contribution is 2.42. The first-order valence-corrected chi connectivity index (χ1v) is 12.7. The van der Waals surface area contributed by atoms with Crippen molar-refractivity contribution in [1.82, 2.24) is 14.5 Å². The van der Waals surface area contributed by atoms with E-state index in [1.807, 2.05) is 11.8 Å². The Balaban J connectivity index is 1.74. The lowest BCUT2D eigenvalue weighted by Gasteiger charge is -2.50. The number of rotatable bonds is 7. The van der Waals surface area contributed by atoms with Gasteiger partial charge in [-0.25, -0.2) is 21.6 Å². The van der Waals surface area contributed by atoms with Gasteiger partial charge in [0.25, 0.3) is 5.91 Å². The molecule has 1 heterocycles. The number of benzene rings is 1. The molecular weight excluding hydrogens is 443 g/mol. The predicted octanol–water partition coefficient (Wildman–Crippen LogP) is 3.17. The molecule has 32 heavy (non-hydrogen) atoms. The first-order valence-electron chi connectivity index (χ1n) is 11.1. The Morgan fingerprint density at radius 3 is 2.28 bits per heavy atom. The van der Waals surface area contributed by atoms with Gasteiger partial charge in [-0.1, -0.05) is 19.1 Å². The zero-order valence-corrected chi connectivity index (χ0v) is 19.5. The van der Waals surface area contributed by atoms with E-state index >= 15 is 0 Å². The molecular formula is C22H32F3N3O3S. The maximum absolute atomic E-state index is 14.2. The van der Waals surface area contributed by atoms with E-state index in [1.54, 1.807) is 13.0 Å². The third-order valence-electron chi connectivity index (χ3n) is 6.70. The van der Waals surface area contributed by atoms with Gasteiger partial charge in [0.1, 0.15) is 5.82 Å². The van der Waals surface area contributed by atoms with Gasteiger partial charge >= 0.3 is 0 Å². The number of nitrogens with one attached hydrogen (secondary N) is 1. The minimum atomic E-state index is -3.32. The molecule has 6 nitrogen and oxygen atoms in total. The Morgan fingerprint density at radius 1 is 1.09 bits per heavy atom. The molecule has 0 atom stereocenters. The van der Waals surface area contributed by atoms with Crippen LogP contribution in [0.15, 0.2) is 18.2 Å². The highest BCUT2D eigenvalue weighted by Gasteiger charge is 2.47. The van der Waals surface area contributed by atoms with Gasteiger partial charge < -0.3 is 5.32 Å². The minimum Gasteiger partial charge on any atom is -0.350 e. The molecule has 1 amide bonds. The van der Waals surface area contributed by atoms with Crippen molar-refractivity contribution in [3.8, 4) is 0 Å². The number of aryl methyl sites for hydroxylation is 1. The Hall–Kier alpha value is -1.65. The number of hydrogen-bond donors (Lipinski definition) is 1. The second kappa shape index (κ2) is 9.69.